The number of anilines is 9. The van der Waals surface area contributed by atoms with Crippen LogP contribution in [0.1, 0.15) is 44.5 Å². The first-order valence-electron chi connectivity index (χ1n) is 30.9. The highest BCUT2D eigenvalue weighted by Gasteiger charge is 2.54. The van der Waals surface area contributed by atoms with Crippen molar-refractivity contribution < 1.29 is 0 Å². The van der Waals surface area contributed by atoms with Crippen LogP contribution in [0.4, 0.5) is 51.2 Å². The van der Waals surface area contributed by atoms with E-state index in [1.165, 1.54) is 100 Å². The van der Waals surface area contributed by atoms with Crippen LogP contribution in [0.2, 0.25) is 0 Å². The topological polar surface area (TPSA) is 9.72 Å². The average molecular weight is 1130 g/mol. The van der Waals surface area contributed by atoms with Gasteiger partial charge in [-0.3, -0.25) is 0 Å². The number of hydrogen-bond donors (Lipinski definition) is 0. The van der Waals surface area contributed by atoms with Gasteiger partial charge in [-0.05, 0) is 174 Å². The van der Waals surface area contributed by atoms with Crippen molar-refractivity contribution in [2.24, 2.45) is 0 Å². The third-order valence-electron chi connectivity index (χ3n) is 19.4. The molecule has 0 saturated heterocycles. The van der Waals surface area contributed by atoms with E-state index < -0.39 is 10.8 Å². The summed E-state index contributed by atoms with van der Waals surface area (Å²) >= 11 is 0. The van der Waals surface area contributed by atoms with E-state index in [1.807, 2.05) is 0 Å². The number of rotatable bonds is 10. The molecule has 2 spiro atoms. The van der Waals surface area contributed by atoms with E-state index in [4.69, 9.17) is 0 Å². The van der Waals surface area contributed by atoms with Gasteiger partial charge in [0.2, 0.25) is 0 Å². The van der Waals surface area contributed by atoms with Gasteiger partial charge in [0.15, 0.2) is 0 Å². The molecule has 18 rings (SSSR count). The van der Waals surface area contributed by atoms with E-state index in [1.54, 1.807) is 0 Å². The normalized spacial score (nSPS) is 13.3. The quantitative estimate of drug-likeness (QED) is 0.135. The van der Waals surface area contributed by atoms with Crippen LogP contribution in [0.15, 0.2) is 346 Å². The van der Waals surface area contributed by atoms with Gasteiger partial charge in [-0.15, -0.1) is 0 Å². The van der Waals surface area contributed by atoms with E-state index in [0.29, 0.717) is 0 Å². The van der Waals surface area contributed by atoms with Crippen LogP contribution in [0.3, 0.4) is 0 Å². The molecule has 0 bridgehead atoms. The fourth-order valence-electron chi connectivity index (χ4n) is 16.1. The molecule has 0 aromatic heterocycles. The first kappa shape index (κ1) is 50.8. The van der Waals surface area contributed by atoms with Crippen LogP contribution >= 0.6 is 0 Å². The zero-order valence-corrected chi connectivity index (χ0v) is 48.8. The number of para-hydroxylation sites is 2. The molecule has 3 heteroatoms. The molecule has 0 N–H and O–H groups in total. The van der Waals surface area contributed by atoms with Gasteiger partial charge in [0, 0.05) is 50.9 Å². The maximum Gasteiger partial charge on any atom is 0.0726 e. The summed E-state index contributed by atoms with van der Waals surface area (Å²) in [7, 11) is 0. The number of nitrogens with zero attached hydrogens (tertiary/aromatic N) is 3. The Bertz CT molecular complexity index is 4980. The summed E-state index contributed by atoms with van der Waals surface area (Å²) in [4.78, 5) is 7.42. The predicted octanol–water partition coefficient (Wildman–Crippen LogP) is 22.5. The monoisotopic (exact) mass is 1130 g/mol. The highest BCUT2D eigenvalue weighted by atomic mass is 15.2. The molecule has 89 heavy (non-hydrogen) atoms. The van der Waals surface area contributed by atoms with Crippen LogP contribution in [-0.4, -0.2) is 0 Å². The van der Waals surface area contributed by atoms with Gasteiger partial charge in [0.25, 0.3) is 0 Å². The maximum absolute atomic E-state index is 2.53. The Kier molecular flexibility index (Phi) is 11.4. The molecular formula is C86H57N3. The molecule has 0 heterocycles. The van der Waals surface area contributed by atoms with Gasteiger partial charge < -0.3 is 14.7 Å². The molecule has 4 aliphatic rings. The van der Waals surface area contributed by atoms with Crippen molar-refractivity contribution in [2.75, 3.05) is 14.7 Å². The highest BCUT2D eigenvalue weighted by Crippen LogP contribution is 2.67. The Balaban J connectivity index is 0.893. The van der Waals surface area contributed by atoms with Crippen molar-refractivity contribution in [3.05, 3.63) is 390 Å². The molecule has 0 fully saturated rings. The minimum absolute atomic E-state index is 0.517. The van der Waals surface area contributed by atoms with Crippen molar-refractivity contribution in [2.45, 2.75) is 10.8 Å². The van der Waals surface area contributed by atoms with Crippen molar-refractivity contribution in [3.8, 4) is 55.6 Å². The number of hydrogen-bond acceptors (Lipinski definition) is 3. The zero-order chi connectivity index (χ0) is 58.6. The lowest BCUT2D eigenvalue weighted by atomic mass is 9.70. The van der Waals surface area contributed by atoms with E-state index in [2.05, 4.69) is 360 Å². The Morgan fingerprint density at radius 3 is 0.820 bits per heavy atom. The van der Waals surface area contributed by atoms with Gasteiger partial charge >= 0.3 is 0 Å². The molecule has 14 aromatic carbocycles. The van der Waals surface area contributed by atoms with E-state index >= 15 is 0 Å². The summed E-state index contributed by atoms with van der Waals surface area (Å²) in [5.41, 5.74) is 31.4. The molecule has 4 aliphatic carbocycles. The average Bonchev–Trinajstić information content (AvgIpc) is 1.53. The minimum Gasteiger partial charge on any atom is -0.310 e. The van der Waals surface area contributed by atoms with Gasteiger partial charge in [-0.2, -0.15) is 0 Å². The first-order chi connectivity index (χ1) is 44.2. The summed E-state index contributed by atoms with van der Waals surface area (Å²) in [5.74, 6) is 0. The van der Waals surface area contributed by atoms with Crippen molar-refractivity contribution >= 4 is 51.2 Å². The fourth-order valence-corrected chi connectivity index (χ4v) is 16.1. The zero-order valence-electron chi connectivity index (χ0n) is 48.8. The molecular weight excluding hydrogens is 1070 g/mol. The minimum atomic E-state index is -0.535. The Morgan fingerprint density at radius 1 is 0.169 bits per heavy atom. The van der Waals surface area contributed by atoms with Crippen molar-refractivity contribution in [3.63, 3.8) is 0 Å². The Morgan fingerprint density at radius 2 is 0.427 bits per heavy atom. The second-order valence-electron chi connectivity index (χ2n) is 23.8. The van der Waals surface area contributed by atoms with Gasteiger partial charge in [0.05, 0.1) is 22.2 Å². The van der Waals surface area contributed by atoms with Crippen LogP contribution in [-0.2, 0) is 10.8 Å². The molecule has 0 atom stereocenters. The van der Waals surface area contributed by atoms with E-state index in [-0.39, 0.29) is 0 Å². The van der Waals surface area contributed by atoms with Crippen LogP contribution in [0, 0.1) is 0 Å². The highest BCUT2D eigenvalue weighted by molar-refractivity contribution is 6.04. The predicted molar refractivity (Wildman–Crippen MR) is 369 cm³/mol. The van der Waals surface area contributed by atoms with Crippen molar-refractivity contribution in [1.29, 1.82) is 0 Å². The fraction of sp³-hybridized carbons (Fsp3) is 0.0233. The third kappa shape index (κ3) is 7.34. The molecule has 0 unspecified atom stereocenters. The second-order valence-corrected chi connectivity index (χ2v) is 23.8. The second kappa shape index (κ2) is 20.0. The van der Waals surface area contributed by atoms with Crippen LogP contribution < -0.4 is 14.7 Å². The summed E-state index contributed by atoms with van der Waals surface area (Å²) in [6.07, 6.45) is 0. The van der Waals surface area contributed by atoms with Crippen LogP contribution in [0.25, 0.3) is 55.6 Å². The molecule has 3 nitrogen and oxygen atoms in total. The molecule has 0 amide bonds. The SMILES string of the molecule is c1ccc(-c2ccc(N(c3cccc(N(c4cccc(N(c5ccccc5)c5ccccc5)c4)c4cccc5c4-c4ccccc4C54c5ccccc5-c5ccccc54)c3)c3cccc4c3-c3ccccc3C43c4ccccc4-c4ccccc43)cc2)cc1. The lowest BCUT2D eigenvalue weighted by Crippen LogP contribution is -2.26. The maximum atomic E-state index is 2.53. The standard InChI is InChI=1S/C86H57N3/c1-4-26-58(27-5-1)59-52-54-62(55-53-59)88(81-50-24-48-79-83(81)71-40-14-20-46-77(71)85(79)73-42-16-10-36-67(73)68-37-11-17-43-74(68)85)64-33-23-35-66(57-64)89(65-34-22-32-63(56-65)87(60-28-6-2-7-29-60)61-30-8-3-9-31-61)82-51-25-49-80-84(82)72-41-15-21-47-78(72)86(80)75-44-18-12-38-69(75)70-39-13-19-45-76(70)86/h1-57H. The number of benzene rings is 14. The molecule has 0 aliphatic heterocycles. The Hall–Kier alpha value is -11.5. The summed E-state index contributed by atoms with van der Waals surface area (Å²) < 4.78 is 0. The van der Waals surface area contributed by atoms with E-state index in [9.17, 15) is 0 Å². The first-order valence-corrected chi connectivity index (χ1v) is 30.9. The molecule has 0 saturated carbocycles. The summed E-state index contributed by atoms with van der Waals surface area (Å²) in [5, 5.41) is 0. The molecule has 14 aromatic rings. The van der Waals surface area contributed by atoms with E-state index in [0.717, 1.165) is 51.2 Å². The lowest BCUT2D eigenvalue weighted by Gasteiger charge is -2.33. The van der Waals surface area contributed by atoms with Gasteiger partial charge in [-0.25, -0.2) is 0 Å². The third-order valence-corrected chi connectivity index (χ3v) is 19.4. The van der Waals surface area contributed by atoms with Gasteiger partial charge in [0.1, 0.15) is 0 Å². The summed E-state index contributed by atoms with van der Waals surface area (Å²) in [6, 6.07) is 129. The lowest BCUT2D eigenvalue weighted by molar-refractivity contribution is 0.793. The largest absolute Gasteiger partial charge is 0.310 e. The summed E-state index contributed by atoms with van der Waals surface area (Å²) in [6.45, 7) is 0. The number of fused-ring (bicyclic) bond motifs is 20. The molecule has 416 valence electrons. The van der Waals surface area contributed by atoms with Crippen molar-refractivity contribution in [1.82, 2.24) is 0 Å². The van der Waals surface area contributed by atoms with Gasteiger partial charge in [-0.1, -0.05) is 261 Å². The van der Waals surface area contributed by atoms with Crippen LogP contribution in [0.5, 0.6) is 0 Å². The molecule has 0 radical (unpaired) electrons. The smallest absolute Gasteiger partial charge is 0.0726 e. The Labute approximate surface area is 519 Å².